The number of aromatic nitrogens is 2. The number of esters is 2. The molecule has 2 aromatic heterocycles. The van der Waals surface area contributed by atoms with Crippen molar-refractivity contribution in [2.24, 2.45) is 0 Å². The number of anilines is 1. The van der Waals surface area contributed by atoms with Crippen LogP contribution >= 0.6 is 11.3 Å². The average Bonchev–Trinajstić information content (AvgIpc) is 3.49. The molecule has 0 radical (unpaired) electrons. The lowest BCUT2D eigenvalue weighted by Crippen LogP contribution is -2.32. The van der Waals surface area contributed by atoms with Gasteiger partial charge in [0.05, 0.1) is 29.8 Å². The van der Waals surface area contributed by atoms with Gasteiger partial charge in [0.25, 0.3) is 5.91 Å². The molecule has 1 amide bonds. The van der Waals surface area contributed by atoms with Crippen LogP contribution in [0, 0.1) is 0 Å². The number of oxazole rings is 1. The van der Waals surface area contributed by atoms with Crippen LogP contribution in [0.25, 0.3) is 22.6 Å². The highest BCUT2D eigenvalue weighted by molar-refractivity contribution is 7.13. The van der Waals surface area contributed by atoms with Gasteiger partial charge in [-0.25, -0.2) is 14.8 Å². The van der Waals surface area contributed by atoms with Crippen molar-refractivity contribution in [3.05, 3.63) is 65.2 Å². The second-order valence-electron chi connectivity index (χ2n) is 7.45. The number of para-hydroxylation sites is 2. The van der Waals surface area contributed by atoms with Crippen LogP contribution in [0.1, 0.15) is 36.3 Å². The van der Waals surface area contributed by atoms with Crippen molar-refractivity contribution in [1.29, 1.82) is 0 Å². The zero-order valence-electron chi connectivity index (χ0n) is 19.1. The Labute approximate surface area is 205 Å². The Kier molecular flexibility index (Phi) is 7.51. The van der Waals surface area contributed by atoms with Crippen molar-refractivity contribution >= 4 is 45.4 Å². The topological polar surface area (TPSA) is 121 Å². The quantitative estimate of drug-likeness (QED) is 0.335. The number of thiazole rings is 1. The van der Waals surface area contributed by atoms with E-state index in [1.54, 1.807) is 49.6 Å². The Hall–Kier alpha value is -4.05. The minimum absolute atomic E-state index is 0.0129. The molecule has 4 aromatic rings. The molecule has 0 saturated carbocycles. The lowest BCUT2D eigenvalue weighted by molar-refractivity contribution is -0.142. The molecular formula is C25H23N3O6S. The largest absolute Gasteiger partial charge is 0.466 e. The summed E-state index contributed by atoms with van der Waals surface area (Å²) in [4.78, 5) is 46.1. The van der Waals surface area contributed by atoms with Crippen molar-refractivity contribution in [2.75, 3.05) is 11.9 Å². The third-order valence-electron chi connectivity index (χ3n) is 5.00. The van der Waals surface area contributed by atoms with Gasteiger partial charge in [-0.05, 0) is 37.6 Å². The minimum atomic E-state index is -1.04. The van der Waals surface area contributed by atoms with Gasteiger partial charge in [0.15, 0.2) is 16.8 Å². The number of fused-ring (bicyclic) bond motifs is 1. The van der Waals surface area contributed by atoms with E-state index in [1.807, 2.05) is 18.2 Å². The molecule has 0 aliphatic heterocycles. The fourth-order valence-electron chi connectivity index (χ4n) is 3.34. The maximum absolute atomic E-state index is 13.0. The normalized spacial score (nSPS) is 11.7. The Morgan fingerprint density at radius 1 is 1.06 bits per heavy atom. The van der Waals surface area contributed by atoms with Crippen LogP contribution in [0.2, 0.25) is 0 Å². The maximum atomic E-state index is 13.0. The molecule has 0 aliphatic carbocycles. The van der Waals surface area contributed by atoms with Crippen LogP contribution < -0.4 is 5.32 Å². The number of nitrogens with one attached hydrogen (secondary N) is 1. The minimum Gasteiger partial charge on any atom is -0.466 e. The number of nitrogens with zero attached hydrogens (tertiary/aromatic N) is 2. The Morgan fingerprint density at radius 2 is 1.83 bits per heavy atom. The molecule has 2 aromatic carbocycles. The van der Waals surface area contributed by atoms with Crippen LogP contribution in [0.5, 0.6) is 0 Å². The zero-order chi connectivity index (χ0) is 24.8. The predicted molar refractivity (Wildman–Crippen MR) is 130 cm³/mol. The van der Waals surface area contributed by atoms with Crippen LogP contribution in [-0.4, -0.2) is 40.5 Å². The van der Waals surface area contributed by atoms with Crippen molar-refractivity contribution in [2.45, 2.75) is 32.8 Å². The lowest BCUT2D eigenvalue weighted by atomic mass is 10.1. The molecule has 0 fully saturated rings. The highest BCUT2D eigenvalue weighted by atomic mass is 32.1. The van der Waals surface area contributed by atoms with E-state index in [-0.39, 0.29) is 30.9 Å². The van der Waals surface area contributed by atoms with Gasteiger partial charge in [0.2, 0.25) is 5.89 Å². The van der Waals surface area contributed by atoms with Crippen LogP contribution in [0.4, 0.5) is 5.13 Å². The number of carbonyl (C=O) groups excluding carboxylic acids is 3. The summed E-state index contributed by atoms with van der Waals surface area (Å²) in [7, 11) is 0. The molecule has 4 rings (SSSR count). The van der Waals surface area contributed by atoms with E-state index in [2.05, 4.69) is 15.3 Å². The summed E-state index contributed by atoms with van der Waals surface area (Å²) in [6, 6.07) is 14.1. The first-order valence-electron chi connectivity index (χ1n) is 11.0. The number of ether oxygens (including phenoxy) is 2. The fraction of sp³-hybridized carbons (Fsp3) is 0.240. The summed E-state index contributed by atoms with van der Waals surface area (Å²) in [5, 5.41) is 4.61. The number of carbonyl (C=O) groups is 3. The third-order valence-corrected chi connectivity index (χ3v) is 5.80. The van der Waals surface area contributed by atoms with E-state index in [1.165, 1.54) is 11.3 Å². The van der Waals surface area contributed by atoms with E-state index in [9.17, 15) is 14.4 Å². The molecule has 1 unspecified atom stereocenters. The van der Waals surface area contributed by atoms with Crippen LogP contribution in [-0.2, 0) is 25.5 Å². The lowest BCUT2D eigenvalue weighted by Gasteiger charge is -2.16. The summed E-state index contributed by atoms with van der Waals surface area (Å²) in [5.74, 6) is -1.30. The first kappa shape index (κ1) is 24.1. The van der Waals surface area contributed by atoms with Gasteiger partial charge in [0.1, 0.15) is 5.52 Å². The number of benzene rings is 2. The molecule has 180 valence electrons. The summed E-state index contributed by atoms with van der Waals surface area (Å²) in [6.45, 7) is 3.74. The SMILES string of the molecule is CCOC(=O)Cc1csc(NC(=O)C(CC)OC(=O)c2ccccc2-c2nc3ccccc3o2)n1. The Morgan fingerprint density at radius 3 is 2.60 bits per heavy atom. The smallest absolute Gasteiger partial charge is 0.339 e. The van der Waals surface area contributed by atoms with Crippen LogP contribution in [0.15, 0.2) is 58.3 Å². The van der Waals surface area contributed by atoms with Gasteiger partial charge in [-0.2, -0.15) is 0 Å². The van der Waals surface area contributed by atoms with Gasteiger partial charge >= 0.3 is 11.9 Å². The van der Waals surface area contributed by atoms with E-state index in [0.717, 1.165) is 0 Å². The molecule has 2 heterocycles. The van der Waals surface area contributed by atoms with Gasteiger partial charge in [0, 0.05) is 5.38 Å². The fourth-order valence-corrected chi connectivity index (χ4v) is 4.05. The molecule has 1 atom stereocenters. The third kappa shape index (κ3) is 5.72. The van der Waals surface area contributed by atoms with Crippen molar-refractivity contribution in [1.82, 2.24) is 9.97 Å². The molecule has 9 nitrogen and oxygen atoms in total. The molecule has 0 spiro atoms. The van der Waals surface area contributed by atoms with Gasteiger partial charge < -0.3 is 13.9 Å². The summed E-state index contributed by atoms with van der Waals surface area (Å²) in [6.07, 6.45) is -0.778. The second-order valence-corrected chi connectivity index (χ2v) is 8.31. The standard InChI is InChI=1S/C25H23N3O6S/c1-3-19(22(30)28-25-26-15(14-35-25)13-21(29)32-4-2)34-24(31)17-10-6-5-9-16(17)23-27-18-11-7-8-12-20(18)33-23/h5-12,14,19H,3-4,13H2,1-2H3,(H,26,28,30). The summed E-state index contributed by atoms with van der Waals surface area (Å²) in [5.41, 5.74) is 2.45. The molecule has 10 heteroatoms. The first-order chi connectivity index (χ1) is 17.0. The number of hydrogen-bond acceptors (Lipinski definition) is 9. The molecule has 35 heavy (non-hydrogen) atoms. The molecular weight excluding hydrogens is 470 g/mol. The van der Waals surface area contributed by atoms with Gasteiger partial charge in [-0.3, -0.25) is 14.9 Å². The van der Waals surface area contributed by atoms with Crippen molar-refractivity contribution in [3.8, 4) is 11.5 Å². The number of rotatable bonds is 9. The first-order valence-corrected chi connectivity index (χ1v) is 11.9. The van der Waals surface area contributed by atoms with Crippen LogP contribution in [0.3, 0.4) is 0 Å². The van der Waals surface area contributed by atoms with E-state index < -0.39 is 23.9 Å². The molecule has 0 aliphatic rings. The highest BCUT2D eigenvalue weighted by Crippen LogP contribution is 2.28. The highest BCUT2D eigenvalue weighted by Gasteiger charge is 2.25. The van der Waals surface area contributed by atoms with Gasteiger partial charge in [-0.15, -0.1) is 11.3 Å². The Bertz CT molecular complexity index is 1330. The van der Waals surface area contributed by atoms with Crippen molar-refractivity contribution < 1.29 is 28.3 Å². The van der Waals surface area contributed by atoms with E-state index in [4.69, 9.17) is 13.9 Å². The van der Waals surface area contributed by atoms with Crippen molar-refractivity contribution in [3.63, 3.8) is 0 Å². The zero-order valence-corrected chi connectivity index (χ0v) is 20.0. The monoisotopic (exact) mass is 493 g/mol. The number of amides is 1. The average molecular weight is 494 g/mol. The predicted octanol–water partition coefficient (Wildman–Crippen LogP) is 4.63. The maximum Gasteiger partial charge on any atom is 0.339 e. The molecule has 0 bridgehead atoms. The summed E-state index contributed by atoms with van der Waals surface area (Å²) >= 11 is 1.17. The molecule has 1 N–H and O–H groups in total. The Balaban J connectivity index is 1.46. The van der Waals surface area contributed by atoms with E-state index >= 15 is 0 Å². The van der Waals surface area contributed by atoms with E-state index in [0.29, 0.717) is 27.5 Å². The van der Waals surface area contributed by atoms with Gasteiger partial charge in [-0.1, -0.05) is 31.2 Å². The summed E-state index contributed by atoms with van der Waals surface area (Å²) < 4.78 is 16.3. The second kappa shape index (κ2) is 10.9. The molecule has 0 saturated heterocycles. The number of hydrogen-bond donors (Lipinski definition) is 1.